The van der Waals surface area contributed by atoms with Crippen molar-refractivity contribution in [1.29, 1.82) is 0 Å². The molecule has 0 heterocycles. The van der Waals surface area contributed by atoms with E-state index in [4.69, 9.17) is 5.11 Å². The number of hydrogen-bond donors (Lipinski definition) is 1. The standard InChI is InChI=1S/C16H14BrF2NO2/c17-13-8-12(14(18)9-15(13)19)16(22)20(6-7-21)10-11-4-2-1-3-5-11/h1-5,8-9,21H,6-7,10H2. The van der Waals surface area contributed by atoms with Gasteiger partial charge in [0.05, 0.1) is 16.6 Å². The maximum atomic E-state index is 13.8. The van der Waals surface area contributed by atoms with E-state index in [1.54, 1.807) is 0 Å². The molecule has 3 nitrogen and oxygen atoms in total. The molecule has 2 aromatic carbocycles. The highest BCUT2D eigenvalue weighted by molar-refractivity contribution is 9.10. The van der Waals surface area contributed by atoms with Crippen molar-refractivity contribution in [1.82, 2.24) is 4.90 Å². The molecule has 0 bridgehead atoms. The molecule has 0 spiro atoms. The molecule has 0 aliphatic rings. The number of hydrogen-bond acceptors (Lipinski definition) is 2. The van der Waals surface area contributed by atoms with E-state index < -0.39 is 17.5 Å². The number of halogens is 3. The van der Waals surface area contributed by atoms with Gasteiger partial charge in [-0.3, -0.25) is 4.79 Å². The van der Waals surface area contributed by atoms with Crippen LogP contribution in [0.2, 0.25) is 0 Å². The number of nitrogens with zero attached hydrogens (tertiary/aromatic N) is 1. The van der Waals surface area contributed by atoms with Crippen LogP contribution in [0.1, 0.15) is 15.9 Å². The molecule has 116 valence electrons. The summed E-state index contributed by atoms with van der Waals surface area (Å²) in [4.78, 5) is 13.8. The zero-order chi connectivity index (χ0) is 16.1. The van der Waals surface area contributed by atoms with Gasteiger partial charge < -0.3 is 10.0 Å². The Morgan fingerprint density at radius 1 is 1.14 bits per heavy atom. The molecule has 0 aliphatic carbocycles. The van der Waals surface area contributed by atoms with Crippen LogP contribution in [-0.4, -0.2) is 29.1 Å². The molecule has 1 N–H and O–H groups in total. The topological polar surface area (TPSA) is 40.5 Å². The van der Waals surface area contributed by atoms with Gasteiger partial charge in [0, 0.05) is 19.2 Å². The van der Waals surface area contributed by atoms with Gasteiger partial charge in [0.1, 0.15) is 11.6 Å². The van der Waals surface area contributed by atoms with Crippen molar-refractivity contribution >= 4 is 21.8 Å². The van der Waals surface area contributed by atoms with Crippen LogP contribution in [0.4, 0.5) is 8.78 Å². The molecular formula is C16H14BrF2NO2. The Morgan fingerprint density at radius 2 is 1.82 bits per heavy atom. The first-order valence-electron chi connectivity index (χ1n) is 6.61. The average molecular weight is 370 g/mol. The molecular weight excluding hydrogens is 356 g/mol. The number of aliphatic hydroxyl groups is 1. The normalized spacial score (nSPS) is 10.5. The molecule has 0 aromatic heterocycles. The van der Waals surface area contributed by atoms with E-state index in [1.165, 1.54) is 4.90 Å². The summed E-state index contributed by atoms with van der Waals surface area (Å²) in [5.74, 6) is -2.30. The molecule has 1 amide bonds. The van der Waals surface area contributed by atoms with E-state index >= 15 is 0 Å². The molecule has 2 rings (SSSR count). The number of carbonyl (C=O) groups is 1. The fourth-order valence-corrected chi connectivity index (χ4v) is 2.38. The predicted molar refractivity (Wildman–Crippen MR) is 82.3 cm³/mol. The minimum Gasteiger partial charge on any atom is -0.395 e. The number of aliphatic hydroxyl groups excluding tert-OH is 1. The summed E-state index contributed by atoms with van der Waals surface area (Å²) in [6.07, 6.45) is 0. The Hall–Kier alpha value is -1.79. The lowest BCUT2D eigenvalue weighted by molar-refractivity contribution is 0.0703. The van der Waals surface area contributed by atoms with Crippen molar-refractivity contribution in [2.45, 2.75) is 6.54 Å². The third kappa shape index (κ3) is 3.90. The maximum Gasteiger partial charge on any atom is 0.257 e. The van der Waals surface area contributed by atoms with Gasteiger partial charge in [-0.05, 0) is 27.6 Å². The van der Waals surface area contributed by atoms with Crippen molar-refractivity contribution in [2.75, 3.05) is 13.2 Å². The monoisotopic (exact) mass is 369 g/mol. The number of carbonyl (C=O) groups excluding carboxylic acids is 1. The maximum absolute atomic E-state index is 13.8. The lowest BCUT2D eigenvalue weighted by atomic mass is 10.1. The largest absolute Gasteiger partial charge is 0.395 e. The number of benzene rings is 2. The zero-order valence-corrected chi connectivity index (χ0v) is 13.2. The molecule has 22 heavy (non-hydrogen) atoms. The first kappa shape index (κ1) is 16.6. The molecule has 0 atom stereocenters. The molecule has 6 heteroatoms. The molecule has 0 saturated heterocycles. The minimum atomic E-state index is -0.929. The van der Waals surface area contributed by atoms with Crippen molar-refractivity contribution in [3.05, 3.63) is 69.7 Å². The van der Waals surface area contributed by atoms with E-state index in [1.807, 2.05) is 30.3 Å². The van der Waals surface area contributed by atoms with Gasteiger partial charge in [0.25, 0.3) is 5.91 Å². The first-order chi connectivity index (χ1) is 10.5. The minimum absolute atomic E-state index is 0.0147. The van der Waals surface area contributed by atoms with Crippen LogP contribution in [0.5, 0.6) is 0 Å². The average Bonchev–Trinajstić information content (AvgIpc) is 2.51. The van der Waals surface area contributed by atoms with Crippen molar-refractivity contribution in [3.8, 4) is 0 Å². The SMILES string of the molecule is O=C(c1cc(Br)c(F)cc1F)N(CCO)Cc1ccccc1. The second-order valence-electron chi connectivity index (χ2n) is 4.68. The van der Waals surface area contributed by atoms with Gasteiger partial charge in [0.15, 0.2) is 0 Å². The molecule has 0 saturated carbocycles. The first-order valence-corrected chi connectivity index (χ1v) is 7.41. The van der Waals surface area contributed by atoms with Gasteiger partial charge in [0.2, 0.25) is 0 Å². The third-order valence-corrected chi connectivity index (χ3v) is 3.72. The van der Waals surface area contributed by atoms with Gasteiger partial charge in [-0.25, -0.2) is 8.78 Å². The van der Waals surface area contributed by atoms with E-state index in [0.717, 1.165) is 11.6 Å². The third-order valence-electron chi connectivity index (χ3n) is 3.11. The highest BCUT2D eigenvalue weighted by Gasteiger charge is 2.21. The van der Waals surface area contributed by atoms with Gasteiger partial charge >= 0.3 is 0 Å². The Morgan fingerprint density at radius 3 is 2.45 bits per heavy atom. The Kier molecular flexibility index (Phi) is 5.63. The van der Waals surface area contributed by atoms with E-state index in [9.17, 15) is 13.6 Å². The molecule has 0 aliphatic heterocycles. The summed E-state index contributed by atoms with van der Waals surface area (Å²) in [6.45, 7) is 0.0411. The van der Waals surface area contributed by atoms with Crippen molar-refractivity contribution in [3.63, 3.8) is 0 Å². The fraction of sp³-hybridized carbons (Fsp3) is 0.188. The van der Waals surface area contributed by atoms with Gasteiger partial charge in [-0.2, -0.15) is 0 Å². The van der Waals surface area contributed by atoms with Crippen LogP contribution >= 0.6 is 15.9 Å². The second-order valence-corrected chi connectivity index (χ2v) is 5.54. The molecule has 2 aromatic rings. The van der Waals surface area contributed by atoms with Crippen LogP contribution in [-0.2, 0) is 6.54 Å². The van der Waals surface area contributed by atoms with Crippen LogP contribution in [0.3, 0.4) is 0 Å². The molecule has 0 unspecified atom stereocenters. The Labute approximate surface area is 135 Å². The quantitative estimate of drug-likeness (QED) is 0.820. The fourth-order valence-electron chi connectivity index (χ4n) is 2.03. The summed E-state index contributed by atoms with van der Waals surface area (Å²) < 4.78 is 27.1. The summed E-state index contributed by atoms with van der Waals surface area (Å²) >= 11 is 2.94. The second kappa shape index (κ2) is 7.47. The molecule has 0 fully saturated rings. The Bertz CT molecular complexity index is 665. The van der Waals surface area contributed by atoms with Crippen LogP contribution in [0, 0.1) is 11.6 Å². The van der Waals surface area contributed by atoms with Crippen LogP contribution < -0.4 is 0 Å². The van der Waals surface area contributed by atoms with Crippen LogP contribution in [0.25, 0.3) is 0 Å². The Balaban J connectivity index is 2.28. The lowest BCUT2D eigenvalue weighted by Crippen LogP contribution is -2.33. The summed E-state index contributed by atoms with van der Waals surface area (Å²) in [5.41, 5.74) is 0.614. The van der Waals surface area contributed by atoms with Gasteiger partial charge in [-0.1, -0.05) is 30.3 Å². The van der Waals surface area contributed by atoms with Crippen molar-refractivity contribution in [2.24, 2.45) is 0 Å². The van der Waals surface area contributed by atoms with E-state index in [-0.39, 0.29) is 29.7 Å². The smallest absolute Gasteiger partial charge is 0.257 e. The summed E-state index contributed by atoms with van der Waals surface area (Å²) in [5, 5.41) is 9.12. The highest BCUT2D eigenvalue weighted by Crippen LogP contribution is 2.21. The molecule has 0 radical (unpaired) electrons. The number of amides is 1. The number of rotatable bonds is 5. The summed E-state index contributed by atoms with van der Waals surface area (Å²) in [6, 6.07) is 10.9. The predicted octanol–water partition coefficient (Wildman–Crippen LogP) is 3.36. The van der Waals surface area contributed by atoms with Gasteiger partial charge in [-0.15, -0.1) is 0 Å². The zero-order valence-electron chi connectivity index (χ0n) is 11.6. The van der Waals surface area contributed by atoms with Crippen molar-refractivity contribution < 1.29 is 18.7 Å². The summed E-state index contributed by atoms with van der Waals surface area (Å²) in [7, 11) is 0. The van der Waals surface area contributed by atoms with E-state index in [2.05, 4.69) is 15.9 Å². The lowest BCUT2D eigenvalue weighted by Gasteiger charge is -2.22. The van der Waals surface area contributed by atoms with E-state index in [0.29, 0.717) is 6.07 Å². The van der Waals surface area contributed by atoms with Crippen LogP contribution in [0.15, 0.2) is 46.9 Å². The highest BCUT2D eigenvalue weighted by atomic mass is 79.9.